The van der Waals surface area contributed by atoms with Crippen molar-refractivity contribution in [3.05, 3.63) is 58.6 Å². The van der Waals surface area contributed by atoms with Gasteiger partial charge in [0.1, 0.15) is 12.1 Å². The van der Waals surface area contributed by atoms with E-state index in [1.807, 2.05) is 47.2 Å². The van der Waals surface area contributed by atoms with E-state index in [0.717, 1.165) is 16.0 Å². The van der Waals surface area contributed by atoms with Crippen molar-refractivity contribution in [2.75, 3.05) is 0 Å². The number of thiophene rings is 1. The Bertz CT molecular complexity index is 923. The predicted molar refractivity (Wildman–Crippen MR) is 90.5 cm³/mol. The van der Waals surface area contributed by atoms with Crippen molar-refractivity contribution in [3.8, 4) is 11.4 Å². The van der Waals surface area contributed by atoms with Gasteiger partial charge in [0.25, 0.3) is 5.91 Å². The molecule has 126 valence electrons. The molecule has 1 saturated heterocycles. The van der Waals surface area contributed by atoms with Crippen molar-refractivity contribution in [2.45, 2.75) is 19.0 Å². The van der Waals surface area contributed by atoms with Gasteiger partial charge in [-0.2, -0.15) is 16.3 Å². The molecule has 1 aliphatic rings. The molecule has 0 aliphatic carbocycles. The fourth-order valence-electron chi connectivity index (χ4n) is 2.77. The molecule has 25 heavy (non-hydrogen) atoms. The van der Waals surface area contributed by atoms with Gasteiger partial charge in [0.05, 0.1) is 0 Å². The molecular weight excluding hydrogens is 340 g/mol. The molecule has 0 bridgehead atoms. The Morgan fingerprint density at radius 1 is 1.24 bits per heavy atom. The summed E-state index contributed by atoms with van der Waals surface area (Å²) in [5.41, 5.74) is 0.459. The number of hydrogen-bond donors (Lipinski definition) is 1. The molecule has 8 heteroatoms. The number of nitrogens with zero attached hydrogens (tertiary/aromatic N) is 3. The van der Waals surface area contributed by atoms with Crippen LogP contribution in [0.2, 0.25) is 0 Å². The number of urea groups is 1. The lowest BCUT2D eigenvalue weighted by molar-refractivity contribution is -0.131. The molecule has 1 atom stereocenters. The highest BCUT2D eigenvalue weighted by Gasteiger charge is 2.49. The highest BCUT2D eigenvalue weighted by atomic mass is 32.1. The first-order valence-electron chi connectivity index (χ1n) is 7.63. The van der Waals surface area contributed by atoms with E-state index in [2.05, 4.69) is 15.5 Å². The summed E-state index contributed by atoms with van der Waals surface area (Å²) in [5.74, 6) is 0.301. The van der Waals surface area contributed by atoms with Crippen LogP contribution in [-0.2, 0) is 16.9 Å². The molecule has 2 aromatic heterocycles. The van der Waals surface area contributed by atoms with Gasteiger partial charge in [0.2, 0.25) is 11.7 Å². The number of carbonyl (C=O) groups excluding carboxylic acids is 2. The summed E-state index contributed by atoms with van der Waals surface area (Å²) in [7, 11) is 0. The van der Waals surface area contributed by atoms with E-state index in [-0.39, 0.29) is 18.3 Å². The molecule has 3 amide bonds. The van der Waals surface area contributed by atoms with E-state index >= 15 is 0 Å². The Hall–Kier alpha value is -3.00. The second kappa shape index (κ2) is 5.82. The average Bonchev–Trinajstić information content (AvgIpc) is 3.34. The molecule has 0 spiro atoms. The summed E-state index contributed by atoms with van der Waals surface area (Å²) in [4.78, 5) is 30.5. The van der Waals surface area contributed by atoms with Gasteiger partial charge in [-0.1, -0.05) is 35.5 Å². The van der Waals surface area contributed by atoms with Gasteiger partial charge < -0.3 is 9.84 Å². The first kappa shape index (κ1) is 15.5. The van der Waals surface area contributed by atoms with E-state index in [9.17, 15) is 9.59 Å². The van der Waals surface area contributed by atoms with Crippen molar-refractivity contribution >= 4 is 23.3 Å². The van der Waals surface area contributed by atoms with Crippen molar-refractivity contribution in [1.29, 1.82) is 0 Å². The summed E-state index contributed by atoms with van der Waals surface area (Å²) >= 11 is 1.52. The van der Waals surface area contributed by atoms with Crippen LogP contribution < -0.4 is 5.32 Å². The maximum Gasteiger partial charge on any atom is 0.325 e. The standard InChI is InChI=1S/C17H14N4O3S/c1-17(12-5-3-2-4-6-12)15(22)21(16(23)19-17)9-13-18-14(20-24-13)11-7-8-25-10-11/h2-8,10H,9H2,1H3,(H,19,23)/t17-/m0/s1. The summed E-state index contributed by atoms with van der Waals surface area (Å²) in [5, 5.41) is 10.5. The van der Waals surface area contributed by atoms with Gasteiger partial charge in [0, 0.05) is 10.9 Å². The number of hydrogen-bond acceptors (Lipinski definition) is 6. The Balaban J connectivity index is 1.57. The van der Waals surface area contributed by atoms with Crippen LogP contribution in [0.5, 0.6) is 0 Å². The highest BCUT2D eigenvalue weighted by Crippen LogP contribution is 2.29. The largest absolute Gasteiger partial charge is 0.337 e. The summed E-state index contributed by atoms with van der Waals surface area (Å²) in [6.45, 7) is 1.62. The zero-order valence-electron chi connectivity index (χ0n) is 13.3. The van der Waals surface area contributed by atoms with Gasteiger partial charge in [-0.3, -0.25) is 9.69 Å². The van der Waals surface area contributed by atoms with Crippen molar-refractivity contribution in [1.82, 2.24) is 20.4 Å². The normalized spacial score (nSPS) is 20.1. The van der Waals surface area contributed by atoms with E-state index < -0.39 is 11.6 Å². The Morgan fingerprint density at radius 3 is 2.76 bits per heavy atom. The second-order valence-corrected chi connectivity index (χ2v) is 6.62. The fraction of sp³-hybridized carbons (Fsp3) is 0.176. The first-order valence-corrected chi connectivity index (χ1v) is 8.57. The van der Waals surface area contributed by atoms with Crippen LogP contribution in [0.15, 0.2) is 51.7 Å². The maximum atomic E-state index is 12.8. The molecule has 7 nitrogen and oxygen atoms in total. The zero-order chi connectivity index (χ0) is 17.4. The molecule has 3 aromatic rings. The summed E-state index contributed by atoms with van der Waals surface area (Å²) in [6.07, 6.45) is 0. The second-order valence-electron chi connectivity index (χ2n) is 5.84. The van der Waals surface area contributed by atoms with Crippen molar-refractivity contribution in [3.63, 3.8) is 0 Å². The quantitative estimate of drug-likeness (QED) is 0.728. The molecule has 4 rings (SSSR count). The molecule has 1 aliphatic heterocycles. The smallest absolute Gasteiger partial charge is 0.325 e. The summed E-state index contributed by atoms with van der Waals surface area (Å²) in [6, 6.07) is 10.5. The fourth-order valence-corrected chi connectivity index (χ4v) is 3.41. The van der Waals surface area contributed by atoms with Crippen molar-refractivity contribution in [2.24, 2.45) is 0 Å². The van der Waals surface area contributed by atoms with Crippen LogP contribution in [0.4, 0.5) is 4.79 Å². The van der Waals surface area contributed by atoms with Gasteiger partial charge >= 0.3 is 6.03 Å². The van der Waals surface area contributed by atoms with E-state index in [1.54, 1.807) is 6.92 Å². The minimum Gasteiger partial charge on any atom is -0.337 e. The number of benzene rings is 1. The van der Waals surface area contributed by atoms with Crippen LogP contribution >= 0.6 is 11.3 Å². The third-order valence-electron chi connectivity index (χ3n) is 4.17. The minimum atomic E-state index is -1.10. The van der Waals surface area contributed by atoms with Crippen LogP contribution in [0.3, 0.4) is 0 Å². The lowest BCUT2D eigenvalue weighted by Gasteiger charge is -2.21. The van der Waals surface area contributed by atoms with Crippen LogP contribution in [0, 0.1) is 0 Å². The number of nitrogens with one attached hydrogen (secondary N) is 1. The third kappa shape index (κ3) is 2.60. The molecule has 0 unspecified atom stereocenters. The predicted octanol–water partition coefficient (Wildman–Crippen LogP) is 2.77. The summed E-state index contributed by atoms with van der Waals surface area (Å²) < 4.78 is 5.19. The van der Waals surface area contributed by atoms with Crippen LogP contribution in [0.1, 0.15) is 18.4 Å². The topological polar surface area (TPSA) is 88.3 Å². The first-order chi connectivity index (χ1) is 12.1. The number of aromatic nitrogens is 2. The number of imide groups is 1. The van der Waals surface area contributed by atoms with Crippen molar-refractivity contribution < 1.29 is 14.1 Å². The Kier molecular flexibility index (Phi) is 3.61. The minimum absolute atomic E-state index is 0.0653. The highest BCUT2D eigenvalue weighted by molar-refractivity contribution is 7.08. The third-order valence-corrected chi connectivity index (χ3v) is 4.85. The van der Waals surface area contributed by atoms with Gasteiger partial charge in [0.15, 0.2) is 0 Å². The zero-order valence-corrected chi connectivity index (χ0v) is 14.1. The molecule has 3 heterocycles. The molecule has 1 aromatic carbocycles. The number of amides is 3. The van der Waals surface area contributed by atoms with Crippen LogP contribution in [-0.4, -0.2) is 27.0 Å². The molecule has 1 N–H and O–H groups in total. The van der Waals surface area contributed by atoms with E-state index in [0.29, 0.717) is 5.82 Å². The van der Waals surface area contributed by atoms with Crippen LogP contribution in [0.25, 0.3) is 11.4 Å². The molecule has 0 saturated carbocycles. The van der Waals surface area contributed by atoms with Gasteiger partial charge in [-0.15, -0.1) is 0 Å². The molecular formula is C17H14N4O3S. The molecule has 1 fully saturated rings. The maximum absolute atomic E-state index is 12.8. The monoisotopic (exact) mass is 354 g/mol. The lowest BCUT2D eigenvalue weighted by Crippen LogP contribution is -2.40. The number of carbonyl (C=O) groups is 2. The Labute approximate surface area is 147 Å². The van der Waals surface area contributed by atoms with Gasteiger partial charge in [-0.25, -0.2) is 4.79 Å². The van der Waals surface area contributed by atoms with E-state index in [1.165, 1.54) is 11.3 Å². The number of rotatable bonds is 4. The molecule has 0 radical (unpaired) electrons. The average molecular weight is 354 g/mol. The van der Waals surface area contributed by atoms with Gasteiger partial charge in [-0.05, 0) is 23.9 Å². The SMILES string of the molecule is C[C@@]1(c2ccccc2)NC(=O)N(Cc2nc(-c3ccsc3)no2)C1=O. The van der Waals surface area contributed by atoms with E-state index in [4.69, 9.17) is 4.52 Å². The Morgan fingerprint density at radius 2 is 2.04 bits per heavy atom. The lowest BCUT2D eigenvalue weighted by atomic mass is 9.92.